The molecule has 0 aromatic rings. The molecule has 1 aliphatic rings. The van der Waals surface area contributed by atoms with Crippen molar-refractivity contribution in [2.24, 2.45) is 0 Å². The summed E-state index contributed by atoms with van der Waals surface area (Å²) in [5.74, 6) is 0. The Morgan fingerprint density at radius 2 is 1.24 bits per heavy atom. The number of hydrogen-bond acceptors (Lipinski definition) is 5. The minimum absolute atomic E-state index is 0.158. The number of ether oxygens (including phenoxy) is 2. The van der Waals surface area contributed by atoms with E-state index in [4.69, 9.17) is 14.6 Å². The molecule has 1 fully saturated rings. The van der Waals surface area contributed by atoms with Crippen LogP contribution in [0, 0.1) is 0 Å². The molecule has 1 rings (SSSR count). The predicted octanol–water partition coefficient (Wildman–Crippen LogP) is 4.75. The Bertz CT molecular complexity index is 352. The highest BCUT2D eigenvalue weighted by molar-refractivity contribution is 4.89. The number of unbranched alkanes of at least 4 members (excludes halogenated alkanes) is 15. The van der Waals surface area contributed by atoms with Crippen LogP contribution in [-0.2, 0) is 9.47 Å². The lowest BCUT2D eigenvalue weighted by molar-refractivity contribution is -0.0938. The van der Waals surface area contributed by atoms with Gasteiger partial charge in [-0.15, -0.1) is 0 Å². The third-order valence-corrected chi connectivity index (χ3v) is 6.04. The fourth-order valence-corrected chi connectivity index (χ4v) is 4.13. The molecule has 0 saturated carbocycles. The van der Waals surface area contributed by atoms with Gasteiger partial charge in [0.1, 0.15) is 24.4 Å². The van der Waals surface area contributed by atoms with Gasteiger partial charge in [0.15, 0.2) is 0 Å². The van der Waals surface area contributed by atoms with E-state index in [0.29, 0.717) is 6.61 Å². The van der Waals surface area contributed by atoms with E-state index in [-0.39, 0.29) is 13.2 Å². The van der Waals surface area contributed by atoms with Crippen molar-refractivity contribution in [1.82, 2.24) is 0 Å². The largest absolute Gasteiger partial charge is 0.394 e. The van der Waals surface area contributed by atoms with Gasteiger partial charge in [-0.25, -0.2) is 0 Å². The van der Waals surface area contributed by atoms with Crippen molar-refractivity contribution in [3.05, 3.63) is 0 Å². The molecule has 1 heterocycles. The molecule has 3 N–H and O–H groups in total. The minimum Gasteiger partial charge on any atom is -0.394 e. The Hall–Kier alpha value is -0.200. The van der Waals surface area contributed by atoms with Gasteiger partial charge in [0, 0.05) is 6.61 Å². The third kappa shape index (κ3) is 13.0. The molecule has 0 radical (unpaired) electrons. The maximum absolute atomic E-state index is 9.90. The van der Waals surface area contributed by atoms with Crippen LogP contribution < -0.4 is 0 Å². The lowest BCUT2D eigenvalue weighted by Gasteiger charge is -2.23. The van der Waals surface area contributed by atoms with Crippen LogP contribution in [0.25, 0.3) is 0 Å². The van der Waals surface area contributed by atoms with Crippen LogP contribution in [0.15, 0.2) is 0 Å². The monoisotopic (exact) mass is 416 g/mol. The minimum atomic E-state index is -0.997. The zero-order valence-corrected chi connectivity index (χ0v) is 18.9. The molecule has 0 spiro atoms. The van der Waals surface area contributed by atoms with Gasteiger partial charge in [0.2, 0.25) is 0 Å². The topological polar surface area (TPSA) is 79.2 Å². The molecular weight excluding hydrogens is 368 g/mol. The molecular formula is C24H48O5. The normalized spacial score (nSPS) is 23.0. The van der Waals surface area contributed by atoms with Crippen LogP contribution in [0.5, 0.6) is 0 Å². The molecule has 5 nitrogen and oxygen atoms in total. The summed E-state index contributed by atoms with van der Waals surface area (Å²) in [6.45, 7) is 2.62. The van der Waals surface area contributed by atoms with Crippen LogP contribution in [0.1, 0.15) is 110 Å². The lowest BCUT2D eigenvalue weighted by Crippen LogP contribution is -2.42. The summed E-state index contributed by atoms with van der Waals surface area (Å²) in [6, 6.07) is 0. The van der Waals surface area contributed by atoms with E-state index in [1.54, 1.807) is 0 Å². The van der Waals surface area contributed by atoms with E-state index in [2.05, 4.69) is 6.92 Å². The molecule has 29 heavy (non-hydrogen) atoms. The van der Waals surface area contributed by atoms with Gasteiger partial charge in [0.25, 0.3) is 0 Å². The molecule has 0 bridgehead atoms. The molecule has 0 aliphatic carbocycles. The van der Waals surface area contributed by atoms with Crippen molar-refractivity contribution in [3.63, 3.8) is 0 Å². The summed E-state index contributed by atoms with van der Waals surface area (Å²) in [5.41, 5.74) is 0. The van der Waals surface area contributed by atoms with Crippen molar-refractivity contribution >= 4 is 0 Å². The van der Waals surface area contributed by atoms with Crippen molar-refractivity contribution in [2.45, 2.75) is 134 Å². The van der Waals surface area contributed by atoms with Gasteiger partial charge in [0.05, 0.1) is 13.2 Å². The van der Waals surface area contributed by atoms with E-state index in [1.807, 2.05) is 0 Å². The van der Waals surface area contributed by atoms with E-state index in [0.717, 1.165) is 12.8 Å². The molecule has 4 atom stereocenters. The average molecular weight is 417 g/mol. The molecule has 5 heteroatoms. The van der Waals surface area contributed by atoms with Crippen LogP contribution >= 0.6 is 0 Å². The van der Waals surface area contributed by atoms with Gasteiger partial charge in [-0.05, 0) is 6.42 Å². The Morgan fingerprint density at radius 3 is 1.69 bits per heavy atom. The summed E-state index contributed by atoms with van der Waals surface area (Å²) < 4.78 is 11.1. The maximum atomic E-state index is 9.90. The van der Waals surface area contributed by atoms with Crippen LogP contribution in [-0.4, -0.2) is 59.6 Å². The smallest absolute Gasteiger partial charge is 0.114 e. The molecule has 0 amide bonds. The van der Waals surface area contributed by atoms with Crippen molar-refractivity contribution < 1.29 is 24.8 Å². The van der Waals surface area contributed by atoms with Gasteiger partial charge in [-0.3, -0.25) is 0 Å². The van der Waals surface area contributed by atoms with Crippen LogP contribution in [0.2, 0.25) is 0 Å². The molecule has 0 unspecified atom stereocenters. The number of hydrogen-bond donors (Lipinski definition) is 3. The summed E-state index contributed by atoms with van der Waals surface area (Å²) in [7, 11) is 0. The molecule has 1 saturated heterocycles. The maximum Gasteiger partial charge on any atom is 0.114 e. The zero-order valence-electron chi connectivity index (χ0n) is 18.9. The third-order valence-electron chi connectivity index (χ3n) is 6.04. The fourth-order valence-electron chi connectivity index (χ4n) is 4.13. The Morgan fingerprint density at radius 1 is 0.793 bits per heavy atom. The average Bonchev–Trinajstić information content (AvgIpc) is 3.10. The number of aliphatic hydroxyl groups excluding tert-OH is 3. The van der Waals surface area contributed by atoms with E-state index >= 15 is 0 Å². The van der Waals surface area contributed by atoms with Gasteiger partial charge in [-0.2, -0.15) is 0 Å². The van der Waals surface area contributed by atoms with Crippen LogP contribution in [0.4, 0.5) is 0 Å². The first-order valence-corrected chi connectivity index (χ1v) is 12.4. The zero-order chi connectivity index (χ0) is 21.2. The second-order valence-electron chi connectivity index (χ2n) is 8.75. The van der Waals surface area contributed by atoms with Crippen molar-refractivity contribution in [2.75, 3.05) is 19.8 Å². The Kier molecular flexibility index (Phi) is 17.2. The van der Waals surface area contributed by atoms with Crippen LogP contribution in [0.3, 0.4) is 0 Å². The highest BCUT2D eigenvalue weighted by atomic mass is 16.6. The Labute approximate surface area is 179 Å². The predicted molar refractivity (Wildman–Crippen MR) is 118 cm³/mol. The quantitative estimate of drug-likeness (QED) is 0.250. The van der Waals surface area contributed by atoms with Crippen molar-refractivity contribution in [1.29, 1.82) is 0 Å². The first kappa shape index (κ1) is 26.8. The van der Waals surface area contributed by atoms with Gasteiger partial charge < -0.3 is 24.8 Å². The van der Waals surface area contributed by atoms with Gasteiger partial charge >= 0.3 is 0 Å². The molecule has 174 valence electrons. The standard InChI is InChI=1S/C24H48O5/c1-2-3-4-5-6-7-8-9-10-11-12-13-14-15-16-17-18-28-24-22(27)20-29-23(24)21(26)19-25/h21-27H,2-20H2,1H3/t21-,22+,23+,24+/m0/s1. The second-order valence-corrected chi connectivity index (χ2v) is 8.75. The molecule has 0 aromatic heterocycles. The first-order chi connectivity index (χ1) is 14.2. The number of aliphatic hydroxyl groups is 3. The van der Waals surface area contributed by atoms with Gasteiger partial charge in [-0.1, -0.05) is 103 Å². The summed E-state index contributed by atoms with van der Waals surface area (Å²) in [6.07, 6.45) is 18.5. The fraction of sp³-hybridized carbons (Fsp3) is 1.00. The summed E-state index contributed by atoms with van der Waals surface area (Å²) in [4.78, 5) is 0. The highest BCUT2D eigenvalue weighted by Crippen LogP contribution is 2.21. The van der Waals surface area contributed by atoms with Crippen molar-refractivity contribution in [3.8, 4) is 0 Å². The SMILES string of the molecule is CCCCCCCCCCCCCCCCCCO[C@H]1[C@@H]([C@@H](O)CO)OC[C@H]1O. The highest BCUT2D eigenvalue weighted by Gasteiger charge is 2.40. The summed E-state index contributed by atoms with van der Waals surface area (Å²) in [5, 5.41) is 28.7. The van der Waals surface area contributed by atoms with E-state index in [1.165, 1.54) is 89.9 Å². The first-order valence-electron chi connectivity index (χ1n) is 12.4. The van der Waals surface area contributed by atoms with E-state index in [9.17, 15) is 10.2 Å². The van der Waals surface area contributed by atoms with E-state index < -0.39 is 24.4 Å². The molecule has 1 aliphatic heterocycles. The molecule has 0 aromatic carbocycles. The number of rotatable bonds is 20. The Balaban J connectivity index is 1.82. The second kappa shape index (κ2) is 18.6. The lowest BCUT2D eigenvalue weighted by atomic mass is 10.0. The summed E-state index contributed by atoms with van der Waals surface area (Å²) >= 11 is 0.